The summed E-state index contributed by atoms with van der Waals surface area (Å²) in [5, 5.41) is 10.3. The van der Waals surface area contributed by atoms with Crippen molar-refractivity contribution in [1.29, 1.82) is 0 Å². The molecule has 0 saturated carbocycles. The lowest BCUT2D eigenvalue weighted by atomic mass is 9.85. The summed E-state index contributed by atoms with van der Waals surface area (Å²) in [5.74, 6) is -44.3. The van der Waals surface area contributed by atoms with Crippen LogP contribution in [-0.2, 0) is 0 Å². The van der Waals surface area contributed by atoms with Crippen molar-refractivity contribution < 1.29 is 71.0 Å². The van der Waals surface area contributed by atoms with E-state index in [-0.39, 0.29) is 20.5 Å². The number of halogens is 15. The van der Waals surface area contributed by atoms with Gasteiger partial charge in [-0.15, -0.1) is 0 Å². The van der Waals surface area contributed by atoms with Crippen molar-refractivity contribution in [3.63, 3.8) is 0 Å². The SMILES string of the molecule is Oc1ccc(-c2c(F)c(F)c(F)c(F)c2F)c(-c2c(F)c(F)c(F)c(F)c2F)c1-c1c(F)c(F)c(F)c(F)c1F.[B]. The summed E-state index contributed by atoms with van der Waals surface area (Å²) in [6.45, 7) is 0. The van der Waals surface area contributed by atoms with Gasteiger partial charge < -0.3 is 5.11 Å². The maximum atomic E-state index is 14.9. The number of rotatable bonds is 3. The van der Waals surface area contributed by atoms with E-state index < -0.39 is 126 Å². The van der Waals surface area contributed by atoms with Gasteiger partial charge in [0.1, 0.15) is 5.75 Å². The molecule has 0 bridgehead atoms. The zero-order valence-electron chi connectivity index (χ0n) is 18.8. The average molecular weight is 603 g/mol. The second-order valence-electron chi connectivity index (χ2n) is 7.72. The van der Waals surface area contributed by atoms with E-state index in [1.165, 1.54) is 0 Å². The molecule has 4 aromatic carbocycles. The lowest BCUT2D eigenvalue weighted by molar-refractivity contribution is 0.379. The van der Waals surface area contributed by atoms with E-state index in [1.54, 1.807) is 0 Å². The van der Waals surface area contributed by atoms with Crippen molar-refractivity contribution in [2.24, 2.45) is 0 Å². The van der Waals surface area contributed by atoms with Gasteiger partial charge in [0.15, 0.2) is 69.8 Å². The molecule has 1 nitrogen and oxygen atoms in total. The predicted molar refractivity (Wildman–Crippen MR) is 110 cm³/mol. The van der Waals surface area contributed by atoms with Gasteiger partial charge in [-0.1, -0.05) is 0 Å². The van der Waals surface area contributed by atoms with Gasteiger partial charge in [0.2, 0.25) is 17.5 Å². The molecule has 3 radical (unpaired) electrons. The third-order valence-corrected chi connectivity index (χ3v) is 5.58. The maximum Gasteiger partial charge on any atom is 0.200 e. The van der Waals surface area contributed by atoms with Crippen molar-refractivity contribution in [2.75, 3.05) is 0 Å². The van der Waals surface area contributed by atoms with Crippen LogP contribution in [0, 0.1) is 87.3 Å². The van der Waals surface area contributed by atoms with Crippen LogP contribution in [0.15, 0.2) is 12.1 Å². The summed E-state index contributed by atoms with van der Waals surface area (Å²) in [6.07, 6.45) is 0. The third-order valence-electron chi connectivity index (χ3n) is 5.58. The number of hydrogen-bond donors (Lipinski definition) is 1. The molecule has 0 spiro atoms. The summed E-state index contributed by atoms with van der Waals surface area (Å²) in [6, 6.07) is 0.132. The first-order chi connectivity index (χ1) is 18.6. The number of phenolic OH excluding ortho intramolecular Hbond substituents is 1. The first-order valence-electron chi connectivity index (χ1n) is 9.97. The minimum atomic E-state index is -2.91. The van der Waals surface area contributed by atoms with Gasteiger partial charge in [0.05, 0.1) is 16.7 Å². The van der Waals surface area contributed by atoms with Crippen molar-refractivity contribution >= 4 is 8.41 Å². The fourth-order valence-electron chi connectivity index (χ4n) is 3.80. The Bertz CT molecular complexity index is 1680. The fraction of sp³-hybridized carbons (Fsp3) is 0. The minimum Gasteiger partial charge on any atom is -0.507 e. The molecule has 41 heavy (non-hydrogen) atoms. The molecule has 213 valence electrons. The molecular weight excluding hydrogens is 600 g/mol. The molecule has 4 rings (SSSR count). The van der Waals surface area contributed by atoms with Gasteiger partial charge in [0.25, 0.3) is 0 Å². The molecule has 0 aliphatic heterocycles. The highest BCUT2D eigenvalue weighted by atomic mass is 19.2. The Morgan fingerprint density at radius 1 is 0.293 bits per heavy atom. The van der Waals surface area contributed by atoms with Gasteiger partial charge in [-0.05, 0) is 17.7 Å². The summed E-state index contributed by atoms with van der Waals surface area (Å²) in [7, 11) is 0. The van der Waals surface area contributed by atoms with Crippen LogP contribution in [0.25, 0.3) is 33.4 Å². The van der Waals surface area contributed by atoms with E-state index in [0.717, 1.165) is 0 Å². The maximum absolute atomic E-state index is 14.9. The van der Waals surface area contributed by atoms with Crippen molar-refractivity contribution in [2.45, 2.75) is 0 Å². The Morgan fingerprint density at radius 3 is 0.854 bits per heavy atom. The number of aromatic hydroxyl groups is 1. The molecule has 0 unspecified atom stereocenters. The van der Waals surface area contributed by atoms with Gasteiger partial charge in [-0.3, -0.25) is 0 Å². The topological polar surface area (TPSA) is 20.2 Å². The summed E-state index contributed by atoms with van der Waals surface area (Å²) in [5.41, 5.74) is -12.9. The first kappa shape index (κ1) is 31.2. The van der Waals surface area contributed by atoms with Crippen LogP contribution in [0.5, 0.6) is 5.75 Å². The molecule has 0 heterocycles. The molecule has 1 N–H and O–H groups in total. The van der Waals surface area contributed by atoms with Crippen LogP contribution in [0.2, 0.25) is 0 Å². The first-order valence-corrected chi connectivity index (χ1v) is 9.97. The Morgan fingerprint density at radius 2 is 0.537 bits per heavy atom. The molecule has 0 aliphatic rings. The van der Waals surface area contributed by atoms with Gasteiger partial charge in [-0.25, -0.2) is 65.9 Å². The second-order valence-corrected chi connectivity index (χ2v) is 7.72. The van der Waals surface area contributed by atoms with E-state index in [1.807, 2.05) is 0 Å². The lowest BCUT2D eigenvalue weighted by Crippen LogP contribution is -2.10. The molecule has 0 aliphatic carbocycles. The third kappa shape index (κ3) is 4.33. The average Bonchev–Trinajstić information content (AvgIpc) is 2.93. The smallest absolute Gasteiger partial charge is 0.200 e. The molecule has 0 amide bonds. The van der Waals surface area contributed by atoms with Crippen LogP contribution in [0.4, 0.5) is 65.9 Å². The highest BCUT2D eigenvalue weighted by Gasteiger charge is 2.37. The second kappa shape index (κ2) is 10.6. The minimum absolute atomic E-state index is 0. The molecule has 17 heteroatoms. The zero-order chi connectivity index (χ0) is 30.1. The highest BCUT2D eigenvalue weighted by molar-refractivity contribution is 5.98. The molecule has 0 saturated heterocycles. The van der Waals surface area contributed by atoms with Gasteiger partial charge >= 0.3 is 0 Å². The molecule has 4 aromatic rings. The largest absolute Gasteiger partial charge is 0.507 e. The van der Waals surface area contributed by atoms with Gasteiger partial charge in [-0.2, -0.15) is 0 Å². The van der Waals surface area contributed by atoms with Crippen molar-refractivity contribution in [3.8, 4) is 39.1 Å². The molecular formula is C24H3BF15O. The van der Waals surface area contributed by atoms with Crippen LogP contribution < -0.4 is 0 Å². The van der Waals surface area contributed by atoms with E-state index >= 15 is 0 Å². The number of benzene rings is 4. The molecule has 0 fully saturated rings. The quantitative estimate of drug-likeness (QED) is 0.109. The zero-order valence-corrected chi connectivity index (χ0v) is 18.8. The number of hydrogen-bond acceptors (Lipinski definition) is 1. The monoisotopic (exact) mass is 603 g/mol. The van der Waals surface area contributed by atoms with Gasteiger partial charge in [0, 0.05) is 19.5 Å². The Balaban J connectivity index is 0.00000462. The Hall–Kier alpha value is -4.31. The predicted octanol–water partition coefficient (Wildman–Crippen LogP) is 8.10. The molecule has 0 aromatic heterocycles. The van der Waals surface area contributed by atoms with Crippen molar-refractivity contribution in [3.05, 3.63) is 99.4 Å². The van der Waals surface area contributed by atoms with Crippen LogP contribution in [0.1, 0.15) is 0 Å². The Labute approximate surface area is 218 Å². The highest BCUT2D eigenvalue weighted by Crippen LogP contribution is 2.50. The standard InChI is InChI=1S/C24H3F15O.B/c25-10-6(11(26)17(32)22(37)16(10)31)3-1-2-4(40)7(9-14(29)20(35)24(39)21(36)15(9)30)5(3)8-12(27)18(33)23(38)19(34)13(8)28;/h1-2,40H;. The molecule has 0 atom stereocenters. The van der Waals surface area contributed by atoms with Crippen LogP contribution in [-0.4, -0.2) is 13.5 Å². The van der Waals surface area contributed by atoms with E-state index in [9.17, 15) is 71.0 Å². The normalized spacial score (nSPS) is 11.2. The van der Waals surface area contributed by atoms with E-state index in [2.05, 4.69) is 0 Å². The van der Waals surface area contributed by atoms with Crippen LogP contribution in [0.3, 0.4) is 0 Å². The van der Waals surface area contributed by atoms with Crippen molar-refractivity contribution in [1.82, 2.24) is 0 Å². The van der Waals surface area contributed by atoms with E-state index in [0.29, 0.717) is 0 Å². The van der Waals surface area contributed by atoms with E-state index in [4.69, 9.17) is 0 Å². The Kier molecular flexibility index (Phi) is 8.07. The summed E-state index contributed by atoms with van der Waals surface area (Å²) < 4.78 is 213. The van der Waals surface area contributed by atoms with Crippen LogP contribution >= 0.6 is 0 Å². The summed E-state index contributed by atoms with van der Waals surface area (Å²) in [4.78, 5) is 0. The fourth-order valence-corrected chi connectivity index (χ4v) is 3.80. The lowest BCUT2D eigenvalue weighted by Gasteiger charge is -2.21. The number of phenols is 1. The summed E-state index contributed by atoms with van der Waals surface area (Å²) >= 11 is 0.